The van der Waals surface area contributed by atoms with Gasteiger partial charge in [0.2, 0.25) is 5.78 Å². The zero-order valence-corrected chi connectivity index (χ0v) is 21.1. The van der Waals surface area contributed by atoms with E-state index in [1.54, 1.807) is 0 Å². The second-order valence-corrected chi connectivity index (χ2v) is 16.0. The lowest BCUT2D eigenvalue weighted by molar-refractivity contribution is 0.177. The van der Waals surface area contributed by atoms with Gasteiger partial charge in [0.25, 0.3) is 0 Å². The molecule has 3 aromatic rings. The number of nitrogens with zero attached hydrogens (tertiary/aromatic N) is 4. The first-order chi connectivity index (χ1) is 15.2. The van der Waals surface area contributed by atoms with E-state index < -0.39 is 8.32 Å². The first-order valence-electron chi connectivity index (χ1n) is 12.0. The van der Waals surface area contributed by atoms with Gasteiger partial charge < -0.3 is 4.43 Å². The smallest absolute Gasteiger partial charge is 0.233 e. The van der Waals surface area contributed by atoms with Gasteiger partial charge in [-0.3, -0.25) is 9.30 Å². The Kier molecular flexibility index (Phi) is 5.51. The summed E-state index contributed by atoms with van der Waals surface area (Å²) >= 11 is 0. The van der Waals surface area contributed by atoms with E-state index in [0.29, 0.717) is 5.92 Å². The van der Waals surface area contributed by atoms with Gasteiger partial charge >= 0.3 is 0 Å². The molecule has 0 radical (unpaired) electrons. The maximum atomic E-state index is 6.86. The van der Waals surface area contributed by atoms with Crippen LogP contribution in [0.15, 0.2) is 48.9 Å². The molecule has 2 fully saturated rings. The lowest BCUT2D eigenvalue weighted by Crippen LogP contribution is -2.44. The standard InChI is InChI=1S/C26H36N4OSi/c1-26(2,3)32(4,5)31-22-13-24(29(17-22)15-19-9-7-6-8-10-19)23-18-30-16-21(20-11-12-20)14-27-25(30)28-23/h6-10,14,16,18,20,22,24H,11-13,15,17H2,1-5H3/t22-,24+/m0/s1. The topological polar surface area (TPSA) is 42.7 Å². The van der Waals surface area contributed by atoms with Gasteiger partial charge in [0.15, 0.2) is 8.32 Å². The Morgan fingerprint density at radius 3 is 2.53 bits per heavy atom. The number of rotatable bonds is 6. The quantitative estimate of drug-likeness (QED) is 0.437. The fourth-order valence-electron chi connectivity index (χ4n) is 4.55. The molecule has 5 rings (SSSR count). The maximum absolute atomic E-state index is 6.86. The average molecular weight is 449 g/mol. The summed E-state index contributed by atoms with van der Waals surface area (Å²) in [6.45, 7) is 13.5. The minimum Gasteiger partial charge on any atom is -0.413 e. The van der Waals surface area contributed by atoms with Gasteiger partial charge in [-0.2, -0.15) is 0 Å². The van der Waals surface area contributed by atoms with Crippen LogP contribution in [0.3, 0.4) is 0 Å². The van der Waals surface area contributed by atoms with Crippen LogP contribution < -0.4 is 0 Å². The van der Waals surface area contributed by atoms with Crippen molar-refractivity contribution in [2.24, 2.45) is 0 Å². The van der Waals surface area contributed by atoms with E-state index in [2.05, 4.69) is 90.9 Å². The van der Waals surface area contributed by atoms with Crippen molar-refractivity contribution in [3.8, 4) is 0 Å². The molecule has 0 N–H and O–H groups in total. The molecule has 1 saturated carbocycles. The van der Waals surface area contributed by atoms with Crippen molar-refractivity contribution in [2.45, 2.75) is 82.8 Å². The molecule has 1 aromatic carbocycles. The van der Waals surface area contributed by atoms with Gasteiger partial charge in [0.05, 0.1) is 17.8 Å². The Labute approximate surface area is 193 Å². The summed E-state index contributed by atoms with van der Waals surface area (Å²) in [6, 6.07) is 11.0. The molecule has 5 nitrogen and oxygen atoms in total. The van der Waals surface area contributed by atoms with Gasteiger partial charge in [-0.25, -0.2) is 9.97 Å². The van der Waals surface area contributed by atoms with Crippen LogP contribution in [0.4, 0.5) is 0 Å². The predicted octanol–water partition coefficient (Wildman–Crippen LogP) is 5.94. The summed E-state index contributed by atoms with van der Waals surface area (Å²) in [4.78, 5) is 12.2. The van der Waals surface area contributed by atoms with Gasteiger partial charge in [-0.1, -0.05) is 51.1 Å². The van der Waals surface area contributed by atoms with Crippen LogP contribution in [0.1, 0.15) is 68.8 Å². The second kappa shape index (κ2) is 8.08. The zero-order chi connectivity index (χ0) is 22.5. The highest BCUT2D eigenvalue weighted by Gasteiger charge is 2.43. The zero-order valence-electron chi connectivity index (χ0n) is 20.1. The van der Waals surface area contributed by atoms with Crippen molar-refractivity contribution in [3.63, 3.8) is 0 Å². The summed E-state index contributed by atoms with van der Waals surface area (Å²) in [6.07, 6.45) is 10.2. The third-order valence-electron chi connectivity index (χ3n) is 7.60. The van der Waals surface area contributed by atoms with Crippen molar-refractivity contribution in [3.05, 3.63) is 65.7 Å². The van der Waals surface area contributed by atoms with Gasteiger partial charge in [0.1, 0.15) is 0 Å². The molecule has 3 heterocycles. The normalized spacial score (nSPS) is 22.7. The molecule has 2 atom stereocenters. The molecular weight excluding hydrogens is 412 g/mol. The highest BCUT2D eigenvalue weighted by molar-refractivity contribution is 6.74. The van der Waals surface area contributed by atoms with Gasteiger partial charge in [0, 0.05) is 31.7 Å². The number of benzene rings is 1. The van der Waals surface area contributed by atoms with Crippen molar-refractivity contribution in [1.82, 2.24) is 19.3 Å². The molecule has 170 valence electrons. The van der Waals surface area contributed by atoms with Crippen LogP contribution in [-0.4, -0.2) is 40.2 Å². The van der Waals surface area contributed by atoms with Crippen molar-refractivity contribution in [2.75, 3.05) is 6.54 Å². The maximum Gasteiger partial charge on any atom is 0.233 e. The first-order valence-corrected chi connectivity index (χ1v) is 14.9. The number of hydrogen-bond acceptors (Lipinski definition) is 4. The summed E-state index contributed by atoms with van der Waals surface area (Å²) in [5, 5.41) is 0.210. The van der Waals surface area contributed by atoms with E-state index in [4.69, 9.17) is 9.41 Å². The molecule has 0 bridgehead atoms. The van der Waals surface area contributed by atoms with Gasteiger partial charge in [-0.05, 0) is 54.4 Å². The minimum atomic E-state index is -1.83. The minimum absolute atomic E-state index is 0.210. The number of hydrogen-bond donors (Lipinski definition) is 0. The van der Waals surface area contributed by atoms with Crippen molar-refractivity contribution >= 4 is 14.1 Å². The molecule has 32 heavy (non-hydrogen) atoms. The molecule has 1 aliphatic carbocycles. The molecule has 0 amide bonds. The highest BCUT2D eigenvalue weighted by Crippen LogP contribution is 2.42. The number of imidazole rings is 1. The van der Waals surface area contributed by atoms with Gasteiger partial charge in [-0.15, -0.1) is 0 Å². The Morgan fingerprint density at radius 2 is 1.84 bits per heavy atom. The van der Waals surface area contributed by atoms with Crippen LogP contribution in [0.5, 0.6) is 0 Å². The number of likely N-dealkylation sites (tertiary alicyclic amines) is 1. The van der Waals surface area contributed by atoms with Crippen molar-refractivity contribution in [1.29, 1.82) is 0 Å². The highest BCUT2D eigenvalue weighted by atomic mass is 28.4. The third-order valence-corrected chi connectivity index (χ3v) is 12.1. The van der Waals surface area contributed by atoms with E-state index >= 15 is 0 Å². The molecule has 1 aliphatic heterocycles. The van der Waals surface area contributed by atoms with Crippen LogP contribution >= 0.6 is 0 Å². The van der Waals surface area contributed by atoms with Crippen LogP contribution in [0.2, 0.25) is 18.1 Å². The SMILES string of the molecule is CC(C)(C)[Si](C)(C)O[C@H]1C[C@H](c2cn3cc(C4CC4)cnc3n2)N(Cc2ccccc2)C1. The Balaban J connectivity index is 1.42. The molecule has 0 spiro atoms. The lowest BCUT2D eigenvalue weighted by atomic mass is 10.1. The second-order valence-electron chi connectivity index (χ2n) is 11.2. The largest absolute Gasteiger partial charge is 0.413 e. The molecular formula is C26H36N4OSi. The summed E-state index contributed by atoms with van der Waals surface area (Å²) in [7, 11) is -1.83. The Bertz CT molecular complexity index is 1080. The third kappa shape index (κ3) is 4.41. The van der Waals surface area contributed by atoms with Crippen LogP contribution in [0.25, 0.3) is 5.78 Å². The van der Waals surface area contributed by atoms with Crippen LogP contribution in [-0.2, 0) is 11.0 Å². The van der Waals surface area contributed by atoms with E-state index in [-0.39, 0.29) is 17.2 Å². The molecule has 2 aliphatic rings. The molecule has 0 unspecified atom stereocenters. The van der Waals surface area contributed by atoms with E-state index in [1.807, 2.05) is 6.20 Å². The predicted molar refractivity (Wildman–Crippen MR) is 131 cm³/mol. The lowest BCUT2D eigenvalue weighted by Gasteiger charge is -2.38. The first kappa shape index (κ1) is 21.8. The number of fused-ring (bicyclic) bond motifs is 1. The Hall–Kier alpha value is -2.02. The van der Waals surface area contributed by atoms with E-state index in [0.717, 1.165) is 31.0 Å². The fraction of sp³-hybridized carbons (Fsp3) is 0.538. The summed E-state index contributed by atoms with van der Waals surface area (Å²) in [5.41, 5.74) is 3.79. The number of aromatic nitrogens is 3. The van der Waals surface area contributed by atoms with Crippen LogP contribution in [0, 0.1) is 0 Å². The molecule has 1 saturated heterocycles. The monoisotopic (exact) mass is 448 g/mol. The summed E-state index contributed by atoms with van der Waals surface area (Å²) < 4.78 is 8.99. The molecule has 6 heteroatoms. The Morgan fingerprint density at radius 1 is 1.09 bits per heavy atom. The van der Waals surface area contributed by atoms with E-state index in [1.165, 1.54) is 24.0 Å². The van der Waals surface area contributed by atoms with Crippen molar-refractivity contribution < 1.29 is 4.43 Å². The average Bonchev–Trinajstić information content (AvgIpc) is 3.39. The molecule has 2 aromatic heterocycles. The fourth-order valence-corrected chi connectivity index (χ4v) is 5.91. The van der Waals surface area contributed by atoms with E-state index in [9.17, 15) is 0 Å². The summed E-state index contributed by atoms with van der Waals surface area (Å²) in [5.74, 6) is 1.50.